The molecular weight excluding hydrogens is 1080 g/mol. The summed E-state index contributed by atoms with van der Waals surface area (Å²) in [6.07, 6.45) is 1.92. The van der Waals surface area contributed by atoms with Crippen LogP contribution in [0.5, 0.6) is 11.5 Å². The van der Waals surface area contributed by atoms with E-state index >= 15 is 0 Å². The molecular formula is C68H72N4OPt. The molecule has 0 saturated heterocycles. The summed E-state index contributed by atoms with van der Waals surface area (Å²) in [6.45, 7) is 34.3. The molecule has 0 atom stereocenters. The number of benzene rings is 7. The topological polar surface area (TPSA) is 33.5 Å². The van der Waals surface area contributed by atoms with E-state index in [4.69, 9.17) is 9.72 Å². The van der Waals surface area contributed by atoms with Crippen LogP contribution < -0.4 is 14.5 Å². The molecule has 0 amide bonds. The average Bonchev–Trinajstić information content (AvgIpc) is 3.88. The molecule has 0 N–H and O–H groups in total. The SMILES string of the molecule is CC(C)(C)c1cc(Oc2[c-]c3c(cc2)c2cc(-c4ccccc4)ccc2n3-c2cc(C(C)(C)C)ccn2)[c-]c(N2[CH-]N(c3cccc(C(C)(C)c4ccccc4)c3)c3cc(C(C)(C)C)c(C(C)(C)C)cc32)c1.[CH3-].[Pt+4]. The monoisotopic (exact) mass is 1160 g/mol. The molecule has 0 radical (unpaired) electrons. The van der Waals surface area contributed by atoms with Gasteiger partial charge < -0.3 is 26.5 Å². The Balaban J connectivity index is 0.00000364. The van der Waals surface area contributed by atoms with Crippen molar-refractivity contribution in [2.75, 3.05) is 9.80 Å². The van der Waals surface area contributed by atoms with E-state index in [1.165, 1.54) is 33.4 Å². The number of hydrogen-bond donors (Lipinski definition) is 0. The summed E-state index contributed by atoms with van der Waals surface area (Å²) in [5.41, 5.74) is 15.4. The number of ether oxygens (including phenoxy) is 1. The van der Waals surface area contributed by atoms with E-state index in [1.54, 1.807) is 0 Å². The molecule has 1 aliphatic rings. The van der Waals surface area contributed by atoms with E-state index in [1.807, 2.05) is 12.3 Å². The maximum atomic E-state index is 7.02. The number of hydrogen-bond acceptors (Lipinski definition) is 4. The van der Waals surface area contributed by atoms with Gasteiger partial charge in [0.15, 0.2) is 0 Å². The fourth-order valence-electron chi connectivity index (χ4n) is 10.2. The smallest absolute Gasteiger partial charge is 0.509 e. The molecule has 2 aromatic heterocycles. The van der Waals surface area contributed by atoms with Crippen LogP contribution in [0.2, 0.25) is 0 Å². The van der Waals surface area contributed by atoms with Gasteiger partial charge in [-0.3, -0.25) is 0 Å². The standard InChI is InChI=1S/C67H69N4O.CH3.Pt/c1-63(2,3)47-32-33-68-62(38-47)71-58-31-28-45(44-22-17-15-18-23-44)34-55(58)54-30-29-52(40-59(54)71)72-53-37-49(64(4,5)6)36-51(39-53)70-43-69(60-41-56(65(7,8)9)57(42-61(60)70)66(10,11)12)50-27-21-26-48(35-50)67(13,14)46-24-19-16-20-25-46;;/h15-38,41-43H,1-14H3;1H3;/q-3;-1;+4. The zero-order chi connectivity index (χ0) is 51.1. The first kappa shape index (κ1) is 53.9. The minimum absolute atomic E-state index is 0. The Kier molecular flexibility index (Phi) is 14.3. The Labute approximate surface area is 456 Å². The number of fused-ring (bicyclic) bond motifs is 4. The second-order valence-corrected chi connectivity index (χ2v) is 24.4. The molecule has 6 heteroatoms. The molecule has 74 heavy (non-hydrogen) atoms. The van der Waals surface area contributed by atoms with Gasteiger partial charge >= 0.3 is 21.1 Å². The van der Waals surface area contributed by atoms with Crippen molar-refractivity contribution in [1.82, 2.24) is 9.55 Å². The molecule has 10 rings (SSSR count). The van der Waals surface area contributed by atoms with Crippen molar-refractivity contribution in [1.29, 1.82) is 0 Å². The van der Waals surface area contributed by atoms with Crippen LogP contribution in [0.3, 0.4) is 0 Å². The predicted octanol–water partition coefficient (Wildman–Crippen LogP) is 18.6. The van der Waals surface area contributed by atoms with E-state index in [9.17, 15) is 0 Å². The molecule has 0 aliphatic carbocycles. The van der Waals surface area contributed by atoms with Crippen molar-refractivity contribution >= 4 is 44.6 Å². The Morgan fingerprint density at radius 1 is 0.473 bits per heavy atom. The van der Waals surface area contributed by atoms with Crippen LogP contribution in [-0.2, 0) is 48.1 Å². The van der Waals surface area contributed by atoms with Crippen LogP contribution in [-0.4, -0.2) is 9.55 Å². The Bertz CT molecular complexity index is 3490. The van der Waals surface area contributed by atoms with Gasteiger partial charge in [0.25, 0.3) is 0 Å². The van der Waals surface area contributed by atoms with E-state index in [-0.39, 0.29) is 55.6 Å². The van der Waals surface area contributed by atoms with Crippen molar-refractivity contribution < 1.29 is 25.8 Å². The number of aromatic nitrogens is 2. The molecule has 7 aromatic carbocycles. The van der Waals surface area contributed by atoms with E-state index in [2.05, 4.69) is 276 Å². The van der Waals surface area contributed by atoms with Crippen LogP contribution in [0.25, 0.3) is 38.8 Å². The van der Waals surface area contributed by atoms with Gasteiger partial charge in [-0.25, -0.2) is 4.98 Å². The van der Waals surface area contributed by atoms with Gasteiger partial charge in [-0.15, -0.1) is 53.6 Å². The zero-order valence-electron chi connectivity index (χ0n) is 46.1. The van der Waals surface area contributed by atoms with Gasteiger partial charge in [0.2, 0.25) is 0 Å². The molecule has 1 aliphatic heterocycles. The van der Waals surface area contributed by atoms with Crippen LogP contribution in [0.15, 0.2) is 158 Å². The van der Waals surface area contributed by atoms with Crippen LogP contribution in [0.4, 0.5) is 22.7 Å². The summed E-state index contributed by atoms with van der Waals surface area (Å²) < 4.78 is 9.26. The number of nitrogens with zero attached hydrogens (tertiary/aromatic N) is 4. The largest absolute Gasteiger partial charge is 4.00 e. The van der Waals surface area contributed by atoms with Gasteiger partial charge in [-0.05, 0) is 108 Å². The summed E-state index contributed by atoms with van der Waals surface area (Å²) >= 11 is 0. The van der Waals surface area contributed by atoms with Crippen molar-refractivity contribution in [2.24, 2.45) is 0 Å². The molecule has 0 unspecified atom stereocenters. The second-order valence-electron chi connectivity index (χ2n) is 24.4. The normalized spacial score (nSPS) is 13.2. The van der Waals surface area contributed by atoms with Crippen LogP contribution in [0, 0.1) is 26.2 Å². The third-order valence-corrected chi connectivity index (χ3v) is 14.6. The maximum absolute atomic E-state index is 7.02. The fraction of sp³-hybridized carbons (Fsp3) is 0.279. The third-order valence-electron chi connectivity index (χ3n) is 14.6. The van der Waals surface area contributed by atoms with Gasteiger partial charge in [0, 0.05) is 45.7 Å². The summed E-state index contributed by atoms with van der Waals surface area (Å²) in [5, 5.41) is 2.21. The van der Waals surface area contributed by atoms with E-state index in [0.29, 0.717) is 11.5 Å². The molecule has 380 valence electrons. The maximum Gasteiger partial charge on any atom is 4.00 e. The number of pyridine rings is 1. The first-order valence-corrected chi connectivity index (χ1v) is 25.5. The first-order valence-electron chi connectivity index (χ1n) is 25.5. The minimum atomic E-state index is -0.209. The Morgan fingerprint density at radius 2 is 1.09 bits per heavy atom. The summed E-state index contributed by atoms with van der Waals surface area (Å²) in [7, 11) is 0. The molecule has 0 spiro atoms. The Hall–Kier alpha value is -6.42. The second kappa shape index (κ2) is 19.7. The number of anilines is 4. The van der Waals surface area contributed by atoms with Gasteiger partial charge in [0.05, 0.1) is 0 Å². The zero-order valence-corrected chi connectivity index (χ0v) is 48.4. The van der Waals surface area contributed by atoms with Crippen molar-refractivity contribution in [3.63, 3.8) is 0 Å². The number of rotatable bonds is 8. The summed E-state index contributed by atoms with van der Waals surface area (Å²) in [5.74, 6) is 2.07. The van der Waals surface area contributed by atoms with Gasteiger partial charge in [0.1, 0.15) is 5.82 Å². The fourth-order valence-corrected chi connectivity index (χ4v) is 10.2. The van der Waals surface area contributed by atoms with Crippen molar-refractivity contribution in [3.05, 3.63) is 217 Å². The molecule has 3 heterocycles. The van der Waals surface area contributed by atoms with Crippen LogP contribution >= 0.6 is 0 Å². The summed E-state index contributed by atoms with van der Waals surface area (Å²) in [6, 6.07) is 62.5. The minimum Gasteiger partial charge on any atom is -0.509 e. The third kappa shape index (κ3) is 10.2. The van der Waals surface area contributed by atoms with Crippen LogP contribution in [0.1, 0.15) is 130 Å². The van der Waals surface area contributed by atoms with E-state index in [0.717, 1.165) is 61.5 Å². The summed E-state index contributed by atoms with van der Waals surface area (Å²) in [4.78, 5) is 9.67. The molecule has 9 aromatic rings. The predicted molar refractivity (Wildman–Crippen MR) is 309 cm³/mol. The first-order chi connectivity index (χ1) is 33.9. The molecule has 0 bridgehead atoms. The Morgan fingerprint density at radius 3 is 1.73 bits per heavy atom. The van der Waals surface area contributed by atoms with Crippen molar-refractivity contribution in [3.8, 4) is 28.4 Å². The van der Waals surface area contributed by atoms with Gasteiger partial charge in [-0.2, -0.15) is 6.07 Å². The van der Waals surface area contributed by atoms with Crippen molar-refractivity contribution in [2.45, 2.75) is 124 Å². The molecule has 0 fully saturated rings. The molecule has 0 saturated carbocycles. The average molecular weight is 1160 g/mol. The van der Waals surface area contributed by atoms with E-state index < -0.39 is 0 Å². The quantitative estimate of drug-likeness (QED) is 0.142. The molecule has 5 nitrogen and oxygen atoms in total. The van der Waals surface area contributed by atoms with Gasteiger partial charge in [-0.1, -0.05) is 187 Å².